The van der Waals surface area contributed by atoms with Gasteiger partial charge in [-0.3, -0.25) is 4.79 Å². The quantitative estimate of drug-likeness (QED) is 0.781. The van der Waals surface area contributed by atoms with Gasteiger partial charge in [-0.1, -0.05) is 60.7 Å². The first-order chi connectivity index (χ1) is 11.8. The largest absolute Gasteiger partial charge is 0.615 e. The van der Waals surface area contributed by atoms with Gasteiger partial charge in [0.2, 0.25) is 0 Å². The van der Waals surface area contributed by atoms with Crippen molar-refractivity contribution in [3.63, 3.8) is 0 Å². The third-order valence-corrected chi connectivity index (χ3v) is 6.04. The van der Waals surface area contributed by atoms with Gasteiger partial charge in [0.05, 0.1) is 0 Å². The van der Waals surface area contributed by atoms with Gasteiger partial charge in [-0.05, 0) is 30.4 Å². The predicted octanol–water partition coefficient (Wildman–Crippen LogP) is 3.54. The summed E-state index contributed by atoms with van der Waals surface area (Å²) < 4.78 is 13.1. The maximum absolute atomic E-state index is 13.1. The van der Waals surface area contributed by atoms with Crippen LogP contribution in [0.1, 0.15) is 35.6 Å². The number of likely N-dealkylation sites (tertiary alicyclic amines) is 1. The molecule has 24 heavy (non-hydrogen) atoms. The second-order valence-corrected chi connectivity index (χ2v) is 7.69. The molecule has 126 valence electrons. The molecule has 0 aliphatic carbocycles. The molecule has 1 unspecified atom stereocenters. The Labute approximate surface area is 146 Å². The second-order valence-electron chi connectivity index (χ2n) is 6.17. The van der Waals surface area contributed by atoms with Crippen molar-refractivity contribution in [2.75, 3.05) is 18.8 Å². The van der Waals surface area contributed by atoms with E-state index >= 15 is 0 Å². The van der Waals surface area contributed by atoms with Gasteiger partial charge in [0.15, 0.2) is 11.0 Å². The van der Waals surface area contributed by atoms with Gasteiger partial charge in [-0.25, -0.2) is 0 Å². The van der Waals surface area contributed by atoms with Crippen LogP contribution in [0.2, 0.25) is 0 Å². The first kappa shape index (κ1) is 17.1. The second kappa shape index (κ2) is 8.36. The molecule has 1 heterocycles. The Bertz CT molecular complexity index is 602. The van der Waals surface area contributed by atoms with E-state index in [0.29, 0.717) is 0 Å². The van der Waals surface area contributed by atoms with Crippen LogP contribution in [0.3, 0.4) is 0 Å². The standard InChI is InChI=1S/C20H23NO2S/c22-19(21-14-8-3-9-15-21)16-24(23)20(17-10-4-1-5-11-17)18-12-6-2-7-13-18/h1-2,4-7,10-13,20H,3,8-9,14-16H2. The van der Waals surface area contributed by atoms with E-state index in [0.717, 1.165) is 37.1 Å². The predicted molar refractivity (Wildman–Crippen MR) is 98.2 cm³/mol. The smallest absolute Gasteiger partial charge is 0.272 e. The molecule has 0 saturated carbocycles. The summed E-state index contributed by atoms with van der Waals surface area (Å²) in [6, 6.07) is 19.7. The molecular weight excluding hydrogens is 318 g/mol. The number of carbonyl (C=O) groups excluding carboxylic acids is 1. The van der Waals surface area contributed by atoms with Gasteiger partial charge >= 0.3 is 0 Å². The normalized spacial score (nSPS) is 16.2. The highest BCUT2D eigenvalue weighted by Crippen LogP contribution is 2.31. The lowest BCUT2D eigenvalue weighted by Gasteiger charge is -2.28. The van der Waals surface area contributed by atoms with E-state index < -0.39 is 11.2 Å². The summed E-state index contributed by atoms with van der Waals surface area (Å²) in [5, 5.41) is -0.263. The summed E-state index contributed by atoms with van der Waals surface area (Å²) in [6.07, 6.45) is 3.29. The molecule has 3 rings (SSSR count). The molecule has 0 radical (unpaired) electrons. The summed E-state index contributed by atoms with van der Waals surface area (Å²) >= 11 is -1.28. The molecule has 1 fully saturated rings. The maximum atomic E-state index is 13.1. The van der Waals surface area contributed by atoms with Crippen molar-refractivity contribution < 1.29 is 9.35 Å². The van der Waals surface area contributed by atoms with Crippen LogP contribution in [0.15, 0.2) is 60.7 Å². The minimum absolute atomic E-state index is 0.0184. The molecule has 0 N–H and O–H groups in total. The lowest BCUT2D eigenvalue weighted by molar-refractivity contribution is -0.129. The van der Waals surface area contributed by atoms with Crippen LogP contribution >= 0.6 is 0 Å². The Morgan fingerprint density at radius 3 is 1.92 bits per heavy atom. The van der Waals surface area contributed by atoms with Crippen LogP contribution < -0.4 is 0 Å². The molecule has 4 heteroatoms. The van der Waals surface area contributed by atoms with Crippen molar-refractivity contribution in [1.29, 1.82) is 0 Å². The Hall–Kier alpha value is -1.78. The van der Waals surface area contributed by atoms with E-state index in [1.807, 2.05) is 65.6 Å². The Balaban J connectivity index is 1.79. The summed E-state index contributed by atoms with van der Waals surface area (Å²) in [7, 11) is 0. The number of carbonyl (C=O) groups is 1. The third kappa shape index (κ3) is 4.19. The number of nitrogens with zero attached hydrogens (tertiary/aromatic N) is 1. The van der Waals surface area contributed by atoms with Crippen LogP contribution in [0, 0.1) is 0 Å². The van der Waals surface area contributed by atoms with Gasteiger partial charge in [0, 0.05) is 24.2 Å². The van der Waals surface area contributed by atoms with Gasteiger partial charge in [0.25, 0.3) is 5.91 Å². The van der Waals surface area contributed by atoms with Crippen molar-refractivity contribution in [2.45, 2.75) is 24.5 Å². The average molecular weight is 341 g/mol. The van der Waals surface area contributed by atoms with Gasteiger partial charge < -0.3 is 9.45 Å². The van der Waals surface area contributed by atoms with E-state index in [1.54, 1.807) is 0 Å². The van der Waals surface area contributed by atoms with Crippen molar-refractivity contribution in [3.05, 3.63) is 71.8 Å². The van der Waals surface area contributed by atoms with Gasteiger partial charge in [0.1, 0.15) is 0 Å². The molecule has 0 bridgehead atoms. The number of hydrogen-bond donors (Lipinski definition) is 0. The number of hydrogen-bond acceptors (Lipinski definition) is 2. The molecular formula is C20H23NO2S. The minimum Gasteiger partial charge on any atom is -0.615 e. The molecule has 0 aromatic heterocycles. The van der Waals surface area contributed by atoms with E-state index in [1.165, 1.54) is 6.42 Å². The molecule has 3 nitrogen and oxygen atoms in total. The SMILES string of the molecule is O=C(C[S+]([O-])C(c1ccccc1)c1ccccc1)N1CCCCC1. The fraction of sp³-hybridized carbons (Fsp3) is 0.350. The molecule has 0 spiro atoms. The topological polar surface area (TPSA) is 43.4 Å². The highest BCUT2D eigenvalue weighted by Gasteiger charge is 2.30. The fourth-order valence-corrected chi connectivity index (χ4v) is 4.71. The average Bonchev–Trinajstić information content (AvgIpc) is 2.64. The zero-order chi connectivity index (χ0) is 16.8. The van der Waals surface area contributed by atoms with E-state index in [-0.39, 0.29) is 16.9 Å². The first-order valence-electron chi connectivity index (χ1n) is 8.50. The van der Waals surface area contributed by atoms with Crippen LogP contribution in [-0.4, -0.2) is 34.2 Å². The monoisotopic (exact) mass is 341 g/mol. The lowest BCUT2D eigenvalue weighted by Crippen LogP contribution is -2.40. The van der Waals surface area contributed by atoms with Crippen molar-refractivity contribution >= 4 is 17.1 Å². The molecule has 2 aromatic carbocycles. The summed E-state index contributed by atoms with van der Waals surface area (Å²) in [4.78, 5) is 14.4. The summed E-state index contributed by atoms with van der Waals surface area (Å²) in [6.45, 7) is 1.61. The van der Waals surface area contributed by atoms with Crippen LogP contribution in [0.5, 0.6) is 0 Å². The lowest BCUT2D eigenvalue weighted by atomic mass is 10.0. The molecule has 1 atom stereocenters. The van der Waals surface area contributed by atoms with E-state index in [9.17, 15) is 9.35 Å². The summed E-state index contributed by atoms with van der Waals surface area (Å²) in [5.41, 5.74) is 1.99. The van der Waals surface area contributed by atoms with Crippen molar-refractivity contribution in [1.82, 2.24) is 4.90 Å². The van der Waals surface area contributed by atoms with Crippen LogP contribution in [0.25, 0.3) is 0 Å². The van der Waals surface area contributed by atoms with Crippen molar-refractivity contribution in [2.24, 2.45) is 0 Å². The Morgan fingerprint density at radius 1 is 0.917 bits per heavy atom. The number of rotatable bonds is 5. The molecule has 1 aliphatic heterocycles. The highest BCUT2D eigenvalue weighted by atomic mass is 32.2. The van der Waals surface area contributed by atoms with Gasteiger partial charge in [-0.2, -0.15) is 0 Å². The minimum atomic E-state index is -1.28. The zero-order valence-corrected chi connectivity index (χ0v) is 14.6. The third-order valence-electron chi connectivity index (χ3n) is 4.44. The number of benzene rings is 2. The van der Waals surface area contributed by atoms with Gasteiger partial charge in [-0.15, -0.1) is 0 Å². The molecule has 1 aliphatic rings. The molecule has 1 saturated heterocycles. The van der Waals surface area contributed by atoms with E-state index in [4.69, 9.17) is 0 Å². The highest BCUT2D eigenvalue weighted by molar-refractivity contribution is 7.92. The molecule has 2 aromatic rings. The van der Waals surface area contributed by atoms with Crippen LogP contribution in [0.4, 0.5) is 0 Å². The summed E-state index contributed by atoms with van der Waals surface area (Å²) in [5.74, 6) is 0.110. The zero-order valence-electron chi connectivity index (χ0n) is 13.8. The Kier molecular flexibility index (Phi) is 5.94. The number of piperidine rings is 1. The molecule has 1 amide bonds. The number of amides is 1. The van der Waals surface area contributed by atoms with E-state index in [2.05, 4.69) is 0 Å². The first-order valence-corrected chi connectivity index (χ1v) is 9.89. The van der Waals surface area contributed by atoms with Crippen LogP contribution in [-0.2, 0) is 16.0 Å². The van der Waals surface area contributed by atoms with Crippen molar-refractivity contribution in [3.8, 4) is 0 Å². The fourth-order valence-electron chi connectivity index (χ4n) is 3.19. The maximum Gasteiger partial charge on any atom is 0.272 e. The Morgan fingerprint density at radius 2 is 1.42 bits per heavy atom.